The van der Waals surface area contributed by atoms with Gasteiger partial charge in [0.05, 0.1) is 0 Å². The van der Waals surface area contributed by atoms with Gasteiger partial charge in [0.25, 0.3) is 0 Å². The van der Waals surface area contributed by atoms with Gasteiger partial charge in [-0.25, -0.2) is 0 Å². The molecule has 0 amide bonds. The molecule has 1 aliphatic rings. The SMILES string of the molecule is CCCC.Cc1ccc2c(c1)CNCC2(C)C. The first-order chi connectivity index (χ1) is 8.01. The van der Waals surface area contributed by atoms with Crippen LogP contribution in [0.4, 0.5) is 0 Å². The second-order valence-corrected chi connectivity index (χ2v) is 5.65. The molecule has 0 unspecified atom stereocenters. The van der Waals surface area contributed by atoms with Gasteiger partial charge in [-0.15, -0.1) is 0 Å². The zero-order chi connectivity index (χ0) is 12.9. The van der Waals surface area contributed by atoms with E-state index in [-0.39, 0.29) is 0 Å². The van der Waals surface area contributed by atoms with Crippen molar-refractivity contribution in [2.75, 3.05) is 6.54 Å². The lowest BCUT2D eigenvalue weighted by molar-refractivity contribution is 0.435. The van der Waals surface area contributed by atoms with Crippen molar-refractivity contribution < 1.29 is 0 Å². The monoisotopic (exact) mass is 233 g/mol. The molecule has 1 aromatic rings. The van der Waals surface area contributed by atoms with Crippen LogP contribution in [0.25, 0.3) is 0 Å². The van der Waals surface area contributed by atoms with Gasteiger partial charge in [0.2, 0.25) is 0 Å². The summed E-state index contributed by atoms with van der Waals surface area (Å²) in [6, 6.07) is 6.79. The summed E-state index contributed by atoms with van der Waals surface area (Å²) in [6.45, 7) is 13.2. The summed E-state index contributed by atoms with van der Waals surface area (Å²) in [5, 5.41) is 3.46. The fourth-order valence-corrected chi connectivity index (χ4v) is 2.13. The molecule has 0 radical (unpaired) electrons. The fraction of sp³-hybridized carbons (Fsp3) is 0.625. The highest BCUT2D eigenvalue weighted by molar-refractivity contribution is 5.38. The lowest BCUT2D eigenvalue weighted by atomic mass is 9.79. The minimum absolute atomic E-state index is 0.293. The van der Waals surface area contributed by atoms with Crippen molar-refractivity contribution in [3.63, 3.8) is 0 Å². The van der Waals surface area contributed by atoms with Crippen LogP contribution in [0.15, 0.2) is 18.2 Å². The molecule has 96 valence electrons. The van der Waals surface area contributed by atoms with Gasteiger partial charge in [0.1, 0.15) is 0 Å². The van der Waals surface area contributed by atoms with Gasteiger partial charge in [-0.3, -0.25) is 0 Å². The third kappa shape index (κ3) is 3.85. The molecule has 0 saturated heterocycles. The second kappa shape index (κ2) is 6.20. The van der Waals surface area contributed by atoms with Crippen molar-refractivity contribution in [1.82, 2.24) is 5.32 Å². The van der Waals surface area contributed by atoms with Crippen LogP contribution in [0.3, 0.4) is 0 Å². The number of aryl methyl sites for hydroxylation is 1. The predicted octanol–water partition coefficient (Wildman–Crippen LogP) is 4.18. The molecule has 1 aliphatic heterocycles. The average molecular weight is 233 g/mol. The molecule has 1 nitrogen and oxygen atoms in total. The van der Waals surface area contributed by atoms with E-state index >= 15 is 0 Å². The summed E-state index contributed by atoms with van der Waals surface area (Å²) >= 11 is 0. The van der Waals surface area contributed by atoms with E-state index in [0.29, 0.717) is 5.41 Å². The van der Waals surface area contributed by atoms with Crippen LogP contribution in [0, 0.1) is 6.92 Å². The highest BCUT2D eigenvalue weighted by Crippen LogP contribution is 2.29. The third-order valence-corrected chi connectivity index (χ3v) is 3.37. The minimum Gasteiger partial charge on any atom is -0.312 e. The maximum absolute atomic E-state index is 3.46. The van der Waals surface area contributed by atoms with Gasteiger partial charge in [-0.05, 0) is 18.1 Å². The molecule has 17 heavy (non-hydrogen) atoms. The molecule has 2 rings (SSSR count). The van der Waals surface area contributed by atoms with Crippen molar-refractivity contribution in [2.24, 2.45) is 0 Å². The standard InChI is InChI=1S/C12H17N.C4H10/c1-9-4-5-11-10(6-9)7-13-8-12(11,2)3;1-3-4-2/h4-6,13H,7-8H2,1-3H3;3-4H2,1-2H3. The minimum atomic E-state index is 0.293. The first-order valence-corrected chi connectivity index (χ1v) is 6.82. The van der Waals surface area contributed by atoms with Crippen LogP contribution in [0.1, 0.15) is 57.2 Å². The van der Waals surface area contributed by atoms with Crippen LogP contribution in [-0.4, -0.2) is 6.54 Å². The van der Waals surface area contributed by atoms with Gasteiger partial charge in [-0.1, -0.05) is 64.3 Å². The van der Waals surface area contributed by atoms with Crippen molar-refractivity contribution >= 4 is 0 Å². The van der Waals surface area contributed by atoms with Crippen molar-refractivity contribution in [3.05, 3.63) is 34.9 Å². The third-order valence-electron chi connectivity index (χ3n) is 3.37. The Labute approximate surface area is 107 Å². The van der Waals surface area contributed by atoms with E-state index in [9.17, 15) is 0 Å². The van der Waals surface area contributed by atoms with E-state index in [1.165, 1.54) is 29.5 Å². The summed E-state index contributed by atoms with van der Waals surface area (Å²) in [7, 11) is 0. The Balaban J connectivity index is 0.000000317. The molecule has 0 aromatic heterocycles. The summed E-state index contributed by atoms with van der Waals surface area (Å²) in [6.07, 6.45) is 2.64. The van der Waals surface area contributed by atoms with Gasteiger partial charge in [0, 0.05) is 18.5 Å². The number of rotatable bonds is 1. The van der Waals surface area contributed by atoms with E-state index in [4.69, 9.17) is 0 Å². The Morgan fingerprint density at radius 3 is 2.41 bits per heavy atom. The quantitative estimate of drug-likeness (QED) is 0.767. The Morgan fingerprint density at radius 2 is 1.82 bits per heavy atom. The lowest BCUT2D eigenvalue weighted by Gasteiger charge is -2.33. The number of unbranched alkanes of at least 4 members (excludes halogenated alkanes) is 1. The number of hydrogen-bond acceptors (Lipinski definition) is 1. The van der Waals surface area contributed by atoms with Crippen LogP contribution in [0.5, 0.6) is 0 Å². The topological polar surface area (TPSA) is 12.0 Å². The van der Waals surface area contributed by atoms with Gasteiger partial charge >= 0.3 is 0 Å². The van der Waals surface area contributed by atoms with Crippen LogP contribution in [0.2, 0.25) is 0 Å². The molecule has 0 saturated carbocycles. The van der Waals surface area contributed by atoms with E-state index in [2.05, 4.69) is 58.1 Å². The molecule has 1 heterocycles. The highest BCUT2D eigenvalue weighted by atomic mass is 14.9. The van der Waals surface area contributed by atoms with E-state index in [1.807, 2.05) is 0 Å². The smallest absolute Gasteiger partial charge is 0.0208 e. The first kappa shape index (κ1) is 14.2. The van der Waals surface area contributed by atoms with Gasteiger partial charge < -0.3 is 5.32 Å². The van der Waals surface area contributed by atoms with Crippen LogP contribution < -0.4 is 5.32 Å². The number of benzene rings is 1. The Bertz CT molecular complexity index is 351. The molecule has 0 spiro atoms. The Hall–Kier alpha value is -0.820. The first-order valence-electron chi connectivity index (χ1n) is 6.82. The normalized spacial score (nSPS) is 16.8. The summed E-state index contributed by atoms with van der Waals surface area (Å²) < 4.78 is 0. The van der Waals surface area contributed by atoms with Crippen LogP contribution in [-0.2, 0) is 12.0 Å². The van der Waals surface area contributed by atoms with E-state index < -0.39 is 0 Å². The number of fused-ring (bicyclic) bond motifs is 1. The molecule has 0 fully saturated rings. The summed E-state index contributed by atoms with van der Waals surface area (Å²) in [5.74, 6) is 0. The molecule has 1 aromatic carbocycles. The van der Waals surface area contributed by atoms with Gasteiger partial charge in [-0.2, -0.15) is 0 Å². The van der Waals surface area contributed by atoms with E-state index in [0.717, 1.165) is 13.1 Å². The molecule has 0 bridgehead atoms. The van der Waals surface area contributed by atoms with Crippen molar-refractivity contribution in [3.8, 4) is 0 Å². The number of hydrogen-bond donors (Lipinski definition) is 1. The Kier molecular flexibility index (Phi) is 5.20. The molecular formula is C16H27N. The lowest BCUT2D eigenvalue weighted by Crippen LogP contribution is -2.38. The maximum atomic E-state index is 3.46. The van der Waals surface area contributed by atoms with Crippen LogP contribution >= 0.6 is 0 Å². The Morgan fingerprint density at radius 1 is 1.18 bits per heavy atom. The molecule has 0 aliphatic carbocycles. The summed E-state index contributed by atoms with van der Waals surface area (Å²) in [4.78, 5) is 0. The highest BCUT2D eigenvalue weighted by Gasteiger charge is 2.26. The molecule has 1 heteroatoms. The molecular weight excluding hydrogens is 206 g/mol. The largest absolute Gasteiger partial charge is 0.312 e. The predicted molar refractivity (Wildman–Crippen MR) is 76.5 cm³/mol. The fourth-order valence-electron chi connectivity index (χ4n) is 2.13. The van der Waals surface area contributed by atoms with Crippen molar-refractivity contribution in [2.45, 2.75) is 59.4 Å². The number of nitrogens with one attached hydrogen (secondary N) is 1. The summed E-state index contributed by atoms with van der Waals surface area (Å²) in [5.41, 5.74) is 4.63. The zero-order valence-corrected chi connectivity index (χ0v) is 12.1. The zero-order valence-electron chi connectivity index (χ0n) is 12.1. The van der Waals surface area contributed by atoms with E-state index in [1.54, 1.807) is 0 Å². The molecule has 0 atom stereocenters. The molecule has 1 N–H and O–H groups in total. The maximum Gasteiger partial charge on any atom is 0.0208 e. The second-order valence-electron chi connectivity index (χ2n) is 5.65. The average Bonchev–Trinajstić information content (AvgIpc) is 2.28. The van der Waals surface area contributed by atoms with Crippen molar-refractivity contribution in [1.29, 1.82) is 0 Å². The van der Waals surface area contributed by atoms with Gasteiger partial charge in [0.15, 0.2) is 0 Å².